The molecular formula is C9H6N2OS2. The third-order valence-electron chi connectivity index (χ3n) is 2.04. The lowest BCUT2D eigenvalue weighted by molar-refractivity contribution is 0.0939. The Morgan fingerprint density at radius 2 is 2.43 bits per heavy atom. The molecule has 70 valence electrons. The van der Waals surface area contributed by atoms with E-state index in [1.165, 1.54) is 11.8 Å². The highest BCUT2D eigenvalue weighted by Crippen LogP contribution is 2.30. The minimum atomic E-state index is 0.125. The maximum atomic E-state index is 11.4. The molecule has 14 heavy (non-hydrogen) atoms. The first kappa shape index (κ1) is 8.26. The quantitative estimate of drug-likeness (QED) is 0.743. The van der Waals surface area contributed by atoms with Gasteiger partial charge in [-0.25, -0.2) is 4.98 Å². The maximum Gasteiger partial charge on any atom is 0.243 e. The van der Waals surface area contributed by atoms with E-state index in [9.17, 15) is 4.79 Å². The summed E-state index contributed by atoms with van der Waals surface area (Å²) in [4.78, 5) is 16.9. The molecule has 5 heteroatoms. The van der Waals surface area contributed by atoms with Gasteiger partial charge in [-0.2, -0.15) is 0 Å². The van der Waals surface area contributed by atoms with Gasteiger partial charge in [0, 0.05) is 6.20 Å². The Balaban J connectivity index is 2.11. The van der Waals surface area contributed by atoms with Gasteiger partial charge in [-0.05, 0) is 11.4 Å². The number of hydrogen-bond donors (Lipinski definition) is 0. The summed E-state index contributed by atoms with van der Waals surface area (Å²) < 4.78 is 1.64. The molecule has 0 unspecified atom stereocenters. The van der Waals surface area contributed by atoms with E-state index in [0.717, 1.165) is 15.7 Å². The molecule has 2 aromatic rings. The zero-order chi connectivity index (χ0) is 9.54. The smallest absolute Gasteiger partial charge is 0.243 e. The number of thioether (sulfide) groups is 1. The molecular weight excluding hydrogens is 216 g/mol. The van der Waals surface area contributed by atoms with Crippen LogP contribution in [0.2, 0.25) is 0 Å². The van der Waals surface area contributed by atoms with E-state index >= 15 is 0 Å². The number of imidazole rings is 1. The largest absolute Gasteiger partial charge is 0.273 e. The fraction of sp³-hybridized carbons (Fsp3) is 0.111. The molecule has 3 heterocycles. The number of carbonyl (C=O) groups is 1. The van der Waals surface area contributed by atoms with Crippen LogP contribution in [0.4, 0.5) is 0 Å². The van der Waals surface area contributed by atoms with Crippen LogP contribution in [-0.2, 0) is 0 Å². The Morgan fingerprint density at radius 1 is 1.50 bits per heavy atom. The van der Waals surface area contributed by atoms with Gasteiger partial charge in [0.15, 0.2) is 5.16 Å². The minimum Gasteiger partial charge on any atom is -0.273 e. The first-order valence-electron chi connectivity index (χ1n) is 4.14. The molecule has 0 saturated carbocycles. The van der Waals surface area contributed by atoms with Crippen LogP contribution in [0.5, 0.6) is 0 Å². The van der Waals surface area contributed by atoms with E-state index in [0.29, 0.717) is 5.75 Å². The second-order valence-electron chi connectivity index (χ2n) is 2.94. The van der Waals surface area contributed by atoms with Crippen LogP contribution in [0.25, 0.3) is 10.6 Å². The second kappa shape index (κ2) is 2.96. The number of thiophene rings is 1. The SMILES string of the molecule is O=C1CSc2nc(-c3cccs3)cn21. The van der Waals surface area contributed by atoms with Crippen molar-refractivity contribution < 1.29 is 4.79 Å². The molecule has 0 saturated heterocycles. The van der Waals surface area contributed by atoms with Crippen LogP contribution in [-0.4, -0.2) is 21.2 Å². The standard InChI is InChI=1S/C9H6N2OS2/c12-8-5-14-9-10-6(4-11(8)9)7-2-1-3-13-7/h1-4H,5H2. The summed E-state index contributed by atoms with van der Waals surface area (Å²) in [7, 11) is 0. The highest BCUT2D eigenvalue weighted by molar-refractivity contribution is 8.00. The average molecular weight is 222 g/mol. The number of carbonyl (C=O) groups excluding carboxylic acids is 1. The van der Waals surface area contributed by atoms with Crippen LogP contribution in [0.1, 0.15) is 4.79 Å². The molecule has 0 N–H and O–H groups in total. The van der Waals surface area contributed by atoms with E-state index in [1.54, 1.807) is 15.9 Å². The topological polar surface area (TPSA) is 34.9 Å². The normalized spacial score (nSPS) is 14.7. The third kappa shape index (κ3) is 1.13. The lowest BCUT2D eigenvalue weighted by atomic mass is 10.4. The highest BCUT2D eigenvalue weighted by Gasteiger charge is 2.22. The zero-order valence-electron chi connectivity index (χ0n) is 7.14. The van der Waals surface area contributed by atoms with Gasteiger partial charge in [-0.3, -0.25) is 9.36 Å². The summed E-state index contributed by atoms with van der Waals surface area (Å²) in [6, 6.07) is 4.00. The van der Waals surface area contributed by atoms with E-state index in [-0.39, 0.29) is 5.91 Å². The molecule has 0 radical (unpaired) electrons. The molecule has 3 rings (SSSR count). The number of rotatable bonds is 1. The Bertz CT molecular complexity index is 487. The average Bonchev–Trinajstić information content (AvgIpc) is 2.83. The van der Waals surface area contributed by atoms with Crippen molar-refractivity contribution in [1.82, 2.24) is 9.55 Å². The van der Waals surface area contributed by atoms with Gasteiger partial charge >= 0.3 is 0 Å². The van der Waals surface area contributed by atoms with E-state index in [4.69, 9.17) is 0 Å². The number of fused-ring (bicyclic) bond motifs is 1. The van der Waals surface area contributed by atoms with Gasteiger partial charge in [0.1, 0.15) is 0 Å². The van der Waals surface area contributed by atoms with Crippen LogP contribution in [0, 0.1) is 0 Å². The van der Waals surface area contributed by atoms with Crippen LogP contribution in [0.15, 0.2) is 28.9 Å². The Hall–Kier alpha value is -1.07. The van der Waals surface area contributed by atoms with Gasteiger partial charge in [0.05, 0.1) is 16.3 Å². The summed E-state index contributed by atoms with van der Waals surface area (Å²) in [5.74, 6) is 0.646. The van der Waals surface area contributed by atoms with Crippen molar-refractivity contribution in [2.45, 2.75) is 5.16 Å². The number of nitrogens with zero attached hydrogens (tertiary/aromatic N) is 2. The van der Waals surface area contributed by atoms with Crippen molar-refractivity contribution in [2.24, 2.45) is 0 Å². The molecule has 0 spiro atoms. The van der Waals surface area contributed by atoms with Crippen molar-refractivity contribution in [3.63, 3.8) is 0 Å². The van der Waals surface area contributed by atoms with Crippen molar-refractivity contribution in [1.29, 1.82) is 0 Å². The molecule has 3 nitrogen and oxygen atoms in total. The molecule has 2 aromatic heterocycles. The molecule has 0 bridgehead atoms. The fourth-order valence-corrected chi connectivity index (χ4v) is 2.91. The van der Waals surface area contributed by atoms with Gasteiger partial charge in [0.25, 0.3) is 0 Å². The van der Waals surface area contributed by atoms with Crippen molar-refractivity contribution in [3.05, 3.63) is 23.7 Å². The first-order valence-corrected chi connectivity index (χ1v) is 6.00. The summed E-state index contributed by atoms with van der Waals surface area (Å²) in [6.45, 7) is 0. The second-order valence-corrected chi connectivity index (χ2v) is 4.83. The monoisotopic (exact) mass is 222 g/mol. The fourth-order valence-electron chi connectivity index (χ4n) is 1.38. The Labute approximate surface area is 88.8 Å². The lowest BCUT2D eigenvalue weighted by Crippen LogP contribution is -2.04. The van der Waals surface area contributed by atoms with Crippen LogP contribution in [0.3, 0.4) is 0 Å². The van der Waals surface area contributed by atoms with Crippen LogP contribution < -0.4 is 0 Å². The summed E-state index contributed by atoms with van der Waals surface area (Å²) in [5, 5.41) is 2.83. The highest BCUT2D eigenvalue weighted by atomic mass is 32.2. The molecule has 1 aliphatic rings. The zero-order valence-corrected chi connectivity index (χ0v) is 8.77. The van der Waals surface area contributed by atoms with Crippen molar-refractivity contribution in [2.75, 3.05) is 5.75 Å². The molecule has 0 amide bonds. The van der Waals surface area contributed by atoms with Crippen molar-refractivity contribution in [3.8, 4) is 10.6 Å². The lowest BCUT2D eigenvalue weighted by Gasteiger charge is -1.89. The maximum absolute atomic E-state index is 11.4. The Kier molecular flexibility index (Phi) is 1.75. The van der Waals surface area contributed by atoms with Crippen LogP contribution >= 0.6 is 23.1 Å². The minimum absolute atomic E-state index is 0.125. The van der Waals surface area contributed by atoms with Gasteiger partial charge in [-0.1, -0.05) is 17.8 Å². The first-order chi connectivity index (χ1) is 6.84. The molecule has 1 aliphatic heterocycles. The Morgan fingerprint density at radius 3 is 3.14 bits per heavy atom. The summed E-state index contributed by atoms with van der Waals surface area (Å²) >= 11 is 3.14. The van der Waals surface area contributed by atoms with E-state index < -0.39 is 0 Å². The van der Waals surface area contributed by atoms with Gasteiger partial charge < -0.3 is 0 Å². The molecule has 0 aromatic carbocycles. The molecule has 0 aliphatic carbocycles. The molecule has 0 atom stereocenters. The van der Waals surface area contributed by atoms with Crippen molar-refractivity contribution >= 4 is 29.0 Å². The van der Waals surface area contributed by atoms with Gasteiger partial charge in [0.2, 0.25) is 5.91 Å². The third-order valence-corrected chi connectivity index (χ3v) is 3.87. The molecule has 0 fully saturated rings. The predicted octanol–water partition coefficient (Wildman–Crippen LogP) is 2.36. The number of hydrogen-bond acceptors (Lipinski definition) is 4. The number of aromatic nitrogens is 2. The van der Waals surface area contributed by atoms with E-state index in [2.05, 4.69) is 4.98 Å². The van der Waals surface area contributed by atoms with E-state index in [1.807, 2.05) is 23.7 Å². The summed E-state index contributed by atoms with van der Waals surface area (Å²) in [5.41, 5.74) is 0.899. The predicted molar refractivity (Wildman–Crippen MR) is 56.9 cm³/mol. The van der Waals surface area contributed by atoms with Gasteiger partial charge in [-0.15, -0.1) is 11.3 Å². The summed E-state index contributed by atoms with van der Waals surface area (Å²) in [6.07, 6.45) is 1.82.